The molecule has 0 aromatic heterocycles. The number of aryl methyl sites for hydroxylation is 1. The molecule has 2 heteroatoms. The molecule has 17 heavy (non-hydrogen) atoms. The van der Waals surface area contributed by atoms with Gasteiger partial charge in [0.05, 0.1) is 6.61 Å². The zero-order chi connectivity index (χ0) is 12.7. The van der Waals surface area contributed by atoms with Crippen LogP contribution in [0, 0.1) is 12.8 Å². The lowest BCUT2D eigenvalue weighted by Crippen LogP contribution is -2.16. The molecule has 0 radical (unpaired) electrons. The first-order valence-electron chi connectivity index (χ1n) is 6.57. The van der Waals surface area contributed by atoms with Crippen molar-refractivity contribution in [2.24, 2.45) is 5.92 Å². The van der Waals surface area contributed by atoms with Gasteiger partial charge in [0.15, 0.2) is 0 Å². The standard InChI is InChI=1S/C15H25NO/c1-5-9-16-10-14-8-6-7-13(4)15(14)17-11-12(2)3/h6-8,12,16H,5,9-11H2,1-4H3. The molecule has 96 valence electrons. The second-order valence-electron chi connectivity index (χ2n) is 4.94. The van der Waals surface area contributed by atoms with Gasteiger partial charge in [0, 0.05) is 12.1 Å². The average Bonchev–Trinajstić information content (AvgIpc) is 2.28. The van der Waals surface area contributed by atoms with Gasteiger partial charge in [-0.25, -0.2) is 0 Å². The van der Waals surface area contributed by atoms with Gasteiger partial charge < -0.3 is 10.1 Å². The van der Waals surface area contributed by atoms with Crippen LogP contribution in [0.2, 0.25) is 0 Å². The third kappa shape index (κ3) is 4.78. The van der Waals surface area contributed by atoms with E-state index in [1.165, 1.54) is 11.1 Å². The number of nitrogens with one attached hydrogen (secondary N) is 1. The molecule has 1 aromatic carbocycles. The van der Waals surface area contributed by atoms with Crippen LogP contribution in [0.25, 0.3) is 0 Å². The Morgan fingerprint density at radius 1 is 1.29 bits per heavy atom. The molecule has 0 aliphatic rings. The van der Waals surface area contributed by atoms with E-state index in [0.717, 1.165) is 31.9 Å². The Hall–Kier alpha value is -1.02. The minimum absolute atomic E-state index is 0.561. The molecule has 0 unspecified atom stereocenters. The van der Waals surface area contributed by atoms with E-state index in [-0.39, 0.29) is 0 Å². The van der Waals surface area contributed by atoms with Gasteiger partial charge in [-0.15, -0.1) is 0 Å². The van der Waals surface area contributed by atoms with E-state index in [1.807, 2.05) is 0 Å². The van der Waals surface area contributed by atoms with Crippen molar-refractivity contribution in [3.63, 3.8) is 0 Å². The highest BCUT2D eigenvalue weighted by Gasteiger charge is 2.07. The minimum Gasteiger partial charge on any atom is -0.493 e. The van der Waals surface area contributed by atoms with Gasteiger partial charge in [-0.3, -0.25) is 0 Å². The van der Waals surface area contributed by atoms with Crippen LogP contribution >= 0.6 is 0 Å². The Labute approximate surface area is 105 Å². The normalized spacial score (nSPS) is 10.9. The molecule has 0 saturated carbocycles. The second kappa shape index (κ2) is 7.33. The first kappa shape index (κ1) is 14.0. The summed E-state index contributed by atoms with van der Waals surface area (Å²) in [7, 11) is 0. The SMILES string of the molecule is CCCNCc1cccc(C)c1OCC(C)C. The topological polar surface area (TPSA) is 21.3 Å². The average molecular weight is 235 g/mol. The smallest absolute Gasteiger partial charge is 0.126 e. The molecule has 2 nitrogen and oxygen atoms in total. The first-order chi connectivity index (χ1) is 8.15. The van der Waals surface area contributed by atoms with Crippen LogP contribution < -0.4 is 10.1 Å². The van der Waals surface area contributed by atoms with Gasteiger partial charge in [0.1, 0.15) is 5.75 Å². The summed E-state index contributed by atoms with van der Waals surface area (Å²) in [6.07, 6.45) is 1.16. The molecule has 1 aromatic rings. The number of rotatable bonds is 7. The maximum absolute atomic E-state index is 5.92. The molecular formula is C15H25NO. The molecule has 0 fully saturated rings. The maximum Gasteiger partial charge on any atom is 0.126 e. The molecule has 0 aliphatic heterocycles. The van der Waals surface area contributed by atoms with Crippen LogP contribution in [-0.4, -0.2) is 13.2 Å². The summed E-state index contributed by atoms with van der Waals surface area (Å²) >= 11 is 0. The molecule has 0 saturated heterocycles. The largest absolute Gasteiger partial charge is 0.493 e. The molecular weight excluding hydrogens is 210 g/mol. The first-order valence-corrected chi connectivity index (χ1v) is 6.57. The van der Waals surface area contributed by atoms with Crippen molar-refractivity contribution in [2.45, 2.75) is 40.7 Å². The van der Waals surface area contributed by atoms with Gasteiger partial charge in [-0.1, -0.05) is 39.0 Å². The van der Waals surface area contributed by atoms with E-state index in [0.29, 0.717) is 5.92 Å². The van der Waals surface area contributed by atoms with Crippen LogP contribution in [0.5, 0.6) is 5.75 Å². The van der Waals surface area contributed by atoms with Crippen LogP contribution in [0.1, 0.15) is 38.3 Å². The van der Waals surface area contributed by atoms with E-state index < -0.39 is 0 Å². The second-order valence-corrected chi connectivity index (χ2v) is 4.94. The highest BCUT2D eigenvalue weighted by Crippen LogP contribution is 2.23. The minimum atomic E-state index is 0.561. The van der Waals surface area contributed by atoms with Crippen molar-refractivity contribution in [3.8, 4) is 5.75 Å². The highest BCUT2D eigenvalue weighted by molar-refractivity contribution is 5.40. The Kier molecular flexibility index (Phi) is 6.06. The third-order valence-electron chi connectivity index (χ3n) is 2.60. The summed E-state index contributed by atoms with van der Waals surface area (Å²) in [6.45, 7) is 11.4. The van der Waals surface area contributed by atoms with Crippen molar-refractivity contribution in [3.05, 3.63) is 29.3 Å². The molecule has 0 bridgehead atoms. The number of hydrogen-bond acceptors (Lipinski definition) is 2. The molecule has 0 atom stereocenters. The summed E-state index contributed by atoms with van der Waals surface area (Å²) < 4.78 is 5.92. The van der Waals surface area contributed by atoms with Crippen LogP contribution in [0.15, 0.2) is 18.2 Å². The Morgan fingerprint density at radius 2 is 2.06 bits per heavy atom. The predicted molar refractivity (Wildman–Crippen MR) is 73.5 cm³/mol. The molecule has 0 spiro atoms. The van der Waals surface area contributed by atoms with Gasteiger partial charge in [0.2, 0.25) is 0 Å². The van der Waals surface area contributed by atoms with E-state index in [9.17, 15) is 0 Å². The zero-order valence-corrected chi connectivity index (χ0v) is 11.5. The fraction of sp³-hybridized carbons (Fsp3) is 0.600. The van der Waals surface area contributed by atoms with E-state index in [2.05, 4.69) is 51.2 Å². The molecule has 0 heterocycles. The lowest BCUT2D eigenvalue weighted by Gasteiger charge is -2.16. The van der Waals surface area contributed by atoms with Crippen molar-refractivity contribution < 1.29 is 4.74 Å². The van der Waals surface area contributed by atoms with Crippen LogP contribution in [-0.2, 0) is 6.54 Å². The van der Waals surface area contributed by atoms with Crippen molar-refractivity contribution in [2.75, 3.05) is 13.2 Å². The summed E-state index contributed by atoms with van der Waals surface area (Å²) in [5.74, 6) is 1.62. The molecule has 0 amide bonds. The third-order valence-corrected chi connectivity index (χ3v) is 2.60. The van der Waals surface area contributed by atoms with E-state index in [4.69, 9.17) is 4.74 Å². The van der Waals surface area contributed by atoms with Crippen LogP contribution in [0.3, 0.4) is 0 Å². The van der Waals surface area contributed by atoms with Gasteiger partial charge in [-0.05, 0) is 31.4 Å². The summed E-state index contributed by atoms with van der Waals surface area (Å²) in [5.41, 5.74) is 2.49. The summed E-state index contributed by atoms with van der Waals surface area (Å²) in [6, 6.07) is 6.35. The van der Waals surface area contributed by atoms with E-state index in [1.54, 1.807) is 0 Å². The number of para-hydroxylation sites is 1. The van der Waals surface area contributed by atoms with E-state index >= 15 is 0 Å². The van der Waals surface area contributed by atoms with Crippen molar-refractivity contribution >= 4 is 0 Å². The van der Waals surface area contributed by atoms with Gasteiger partial charge >= 0.3 is 0 Å². The summed E-state index contributed by atoms with van der Waals surface area (Å²) in [4.78, 5) is 0. The lowest BCUT2D eigenvalue weighted by molar-refractivity contribution is 0.266. The number of ether oxygens (including phenoxy) is 1. The number of benzene rings is 1. The highest BCUT2D eigenvalue weighted by atomic mass is 16.5. The van der Waals surface area contributed by atoms with Gasteiger partial charge in [-0.2, -0.15) is 0 Å². The molecule has 1 rings (SSSR count). The van der Waals surface area contributed by atoms with Crippen molar-refractivity contribution in [1.82, 2.24) is 5.32 Å². The fourth-order valence-electron chi connectivity index (χ4n) is 1.71. The fourth-order valence-corrected chi connectivity index (χ4v) is 1.71. The molecule has 0 aliphatic carbocycles. The van der Waals surface area contributed by atoms with Gasteiger partial charge in [0.25, 0.3) is 0 Å². The Morgan fingerprint density at radius 3 is 2.71 bits per heavy atom. The van der Waals surface area contributed by atoms with Crippen molar-refractivity contribution in [1.29, 1.82) is 0 Å². The number of hydrogen-bond donors (Lipinski definition) is 1. The Balaban J connectivity index is 2.69. The predicted octanol–water partition coefficient (Wildman–Crippen LogP) is 3.53. The quantitative estimate of drug-likeness (QED) is 0.730. The maximum atomic E-state index is 5.92. The van der Waals surface area contributed by atoms with Crippen LogP contribution in [0.4, 0.5) is 0 Å². The molecule has 1 N–H and O–H groups in total. The summed E-state index contributed by atoms with van der Waals surface area (Å²) in [5, 5.41) is 3.43. The zero-order valence-electron chi connectivity index (χ0n) is 11.5. The lowest BCUT2D eigenvalue weighted by atomic mass is 10.1. The Bertz CT molecular complexity index is 334. The monoisotopic (exact) mass is 235 g/mol.